The van der Waals surface area contributed by atoms with Gasteiger partial charge in [0.15, 0.2) is 0 Å². The lowest BCUT2D eigenvalue weighted by atomic mass is 10.0. The van der Waals surface area contributed by atoms with Crippen molar-refractivity contribution in [3.8, 4) is 6.07 Å². The summed E-state index contributed by atoms with van der Waals surface area (Å²) < 4.78 is 9.69. The number of fused-ring (bicyclic) bond motifs is 1. The molecule has 3 heterocycles. The Labute approximate surface area is 244 Å². The molecule has 40 heavy (non-hydrogen) atoms. The van der Waals surface area contributed by atoms with Gasteiger partial charge in [-0.3, -0.25) is 9.99 Å². The third-order valence-electron chi connectivity index (χ3n) is 7.07. The van der Waals surface area contributed by atoms with Gasteiger partial charge in [0.1, 0.15) is 11.2 Å². The van der Waals surface area contributed by atoms with Crippen LogP contribution in [0.4, 0.5) is 11.4 Å². The lowest BCUT2D eigenvalue weighted by molar-refractivity contribution is 0.260. The smallest absolute Gasteiger partial charge is 0.134 e. The molecule has 202 valence electrons. The van der Waals surface area contributed by atoms with E-state index in [1.807, 2.05) is 35.5 Å². The lowest BCUT2D eigenvalue weighted by Gasteiger charge is -2.24. The van der Waals surface area contributed by atoms with Gasteiger partial charge in [0.05, 0.1) is 40.9 Å². The van der Waals surface area contributed by atoms with Crippen LogP contribution < -0.4 is 21.6 Å². The lowest BCUT2D eigenvalue weighted by Crippen LogP contribution is -2.38. The van der Waals surface area contributed by atoms with Gasteiger partial charge in [-0.2, -0.15) is 5.26 Å². The van der Waals surface area contributed by atoms with E-state index in [1.165, 1.54) is 6.20 Å². The molecule has 1 saturated carbocycles. The van der Waals surface area contributed by atoms with Crippen molar-refractivity contribution >= 4 is 45.5 Å². The monoisotopic (exact) mass is 571 g/mol. The van der Waals surface area contributed by atoms with Gasteiger partial charge in [-0.15, -0.1) is 5.53 Å². The van der Waals surface area contributed by atoms with Crippen LogP contribution in [-0.2, 0) is 0 Å². The van der Waals surface area contributed by atoms with Crippen molar-refractivity contribution in [2.45, 2.75) is 44.3 Å². The first kappa shape index (κ1) is 25.0. The summed E-state index contributed by atoms with van der Waals surface area (Å²) in [6.45, 7) is 2.09. The quantitative estimate of drug-likeness (QED) is 0.162. The second kappa shape index (κ2) is 11.2. The number of nitrogens with zero attached hydrogens (tertiary/aromatic N) is 4. The molecule has 0 amide bonds. The summed E-state index contributed by atoms with van der Waals surface area (Å²) in [6.07, 6.45) is 7.97. The standard InChI is InChI=1S/C30H28Cl2N8/c1-2-25(18-7-4-3-5-8-18)37-27-19(15-33)16-35-28-23(27)13-20(14-24(28)31)36-29(22-9-6-12-34-30(22)32)26-17-40(39-38-26)21-10-11-21/h3-9,12-14,16-17,21,25,29,36,38-39H,2,10-11H2,1H3,(H,35,37)/t25-,29+/m1/s1/i29D. The maximum absolute atomic E-state index is 10.00. The van der Waals surface area contributed by atoms with Gasteiger partial charge >= 0.3 is 0 Å². The Bertz CT molecular complexity index is 1670. The molecule has 10 heteroatoms. The Morgan fingerprint density at radius 3 is 2.70 bits per heavy atom. The first-order valence-electron chi connectivity index (χ1n) is 13.7. The van der Waals surface area contributed by atoms with E-state index < -0.39 is 6.02 Å². The fourth-order valence-electron chi connectivity index (χ4n) is 4.85. The Morgan fingerprint density at radius 2 is 1.98 bits per heavy atom. The van der Waals surface area contributed by atoms with Crippen molar-refractivity contribution in [1.29, 1.82) is 5.26 Å². The maximum Gasteiger partial charge on any atom is 0.134 e. The summed E-state index contributed by atoms with van der Waals surface area (Å²) in [6, 6.07) is 18.3. The molecule has 0 bridgehead atoms. The maximum atomic E-state index is 10.00. The highest BCUT2D eigenvalue weighted by Gasteiger charge is 2.33. The molecule has 2 atom stereocenters. The molecular weight excluding hydrogens is 543 g/mol. The molecule has 2 aliphatic rings. The van der Waals surface area contributed by atoms with Crippen molar-refractivity contribution < 1.29 is 1.37 Å². The van der Waals surface area contributed by atoms with Crippen LogP contribution >= 0.6 is 23.2 Å². The summed E-state index contributed by atoms with van der Waals surface area (Å²) in [5.41, 5.74) is 10.5. The zero-order chi connectivity index (χ0) is 28.6. The number of hydrogen-bond donors (Lipinski definition) is 4. The molecule has 2 aromatic carbocycles. The number of aromatic nitrogens is 2. The molecule has 2 aromatic heterocycles. The van der Waals surface area contributed by atoms with Crippen LogP contribution in [0, 0.1) is 11.3 Å². The number of anilines is 2. The number of hydrogen-bond acceptors (Lipinski definition) is 8. The average molecular weight is 573 g/mol. The number of rotatable bonds is 9. The van der Waals surface area contributed by atoms with Gasteiger partial charge in [0, 0.05) is 41.3 Å². The summed E-state index contributed by atoms with van der Waals surface area (Å²) in [4.78, 5) is 8.74. The van der Waals surface area contributed by atoms with Crippen LogP contribution in [0.5, 0.6) is 0 Å². The second-order valence-electron chi connectivity index (χ2n) is 9.79. The molecule has 0 unspecified atom stereocenters. The average Bonchev–Trinajstić information content (AvgIpc) is 3.71. The van der Waals surface area contributed by atoms with E-state index in [-0.39, 0.29) is 11.2 Å². The fraction of sp³-hybridized carbons (Fsp3) is 0.233. The van der Waals surface area contributed by atoms with Crippen LogP contribution in [0.3, 0.4) is 0 Å². The van der Waals surface area contributed by atoms with E-state index in [4.69, 9.17) is 23.2 Å². The van der Waals surface area contributed by atoms with Gasteiger partial charge in [0.2, 0.25) is 0 Å². The molecule has 8 nitrogen and oxygen atoms in total. The van der Waals surface area contributed by atoms with Crippen molar-refractivity contribution in [1.82, 2.24) is 25.9 Å². The Balaban J connectivity index is 1.45. The number of benzene rings is 2. The first-order chi connectivity index (χ1) is 19.9. The minimum absolute atomic E-state index is 0.0407. The van der Waals surface area contributed by atoms with Crippen LogP contribution in [0.2, 0.25) is 10.2 Å². The van der Waals surface area contributed by atoms with E-state index in [1.54, 1.807) is 24.4 Å². The minimum atomic E-state index is -1.55. The molecule has 0 spiro atoms. The largest absolute Gasteiger partial charge is 0.377 e. The van der Waals surface area contributed by atoms with Gasteiger partial charge < -0.3 is 16.1 Å². The van der Waals surface area contributed by atoms with Crippen LogP contribution in [-0.4, -0.2) is 21.0 Å². The molecule has 0 radical (unpaired) electrons. The van der Waals surface area contributed by atoms with Crippen molar-refractivity contribution in [2.75, 3.05) is 10.6 Å². The van der Waals surface area contributed by atoms with Gasteiger partial charge in [-0.1, -0.05) is 66.5 Å². The molecule has 1 fully saturated rings. The number of nitrogens with one attached hydrogen (secondary N) is 4. The van der Waals surface area contributed by atoms with E-state index in [0.717, 1.165) is 24.8 Å². The fourth-order valence-corrected chi connectivity index (χ4v) is 5.34. The highest BCUT2D eigenvalue weighted by molar-refractivity contribution is 6.36. The Kier molecular flexibility index (Phi) is 7.01. The van der Waals surface area contributed by atoms with Crippen LogP contribution in [0.25, 0.3) is 10.9 Å². The number of nitriles is 1. The third-order valence-corrected chi connectivity index (χ3v) is 7.66. The highest BCUT2D eigenvalue weighted by Crippen LogP contribution is 2.38. The van der Waals surface area contributed by atoms with Crippen LogP contribution in [0.15, 0.2) is 78.9 Å². The van der Waals surface area contributed by atoms with Crippen molar-refractivity contribution in [3.05, 3.63) is 106 Å². The second-order valence-corrected chi connectivity index (χ2v) is 10.6. The molecular formula is C30H28Cl2N8. The van der Waals surface area contributed by atoms with E-state index in [9.17, 15) is 6.63 Å². The summed E-state index contributed by atoms with van der Waals surface area (Å²) in [5.74, 6) is 0. The summed E-state index contributed by atoms with van der Waals surface area (Å²) in [5, 5.41) is 20.2. The molecule has 0 saturated heterocycles. The molecule has 4 aromatic rings. The van der Waals surface area contributed by atoms with Crippen molar-refractivity contribution in [3.63, 3.8) is 0 Å². The highest BCUT2D eigenvalue weighted by atomic mass is 35.5. The Hall–Kier alpha value is -4.03. The van der Waals surface area contributed by atoms with E-state index in [0.29, 0.717) is 50.2 Å². The number of halogens is 2. The summed E-state index contributed by atoms with van der Waals surface area (Å²) in [7, 11) is 0. The Morgan fingerprint density at radius 1 is 1.15 bits per heavy atom. The van der Waals surface area contributed by atoms with Gasteiger partial charge in [0.25, 0.3) is 0 Å². The first-order valence-corrected chi connectivity index (χ1v) is 13.9. The SMILES string of the molecule is [2H][C@@](Nc1cc(Cl)c2ncc(C#N)c(N[C@H](CC)c3ccccc3)c2c1)(C1=CN(C2CC2)NN1)c1cccnc1Cl. The normalized spacial score (nSPS) is 17.3. The third kappa shape index (κ3) is 5.24. The summed E-state index contributed by atoms with van der Waals surface area (Å²) >= 11 is 13.3. The zero-order valence-corrected chi connectivity index (χ0v) is 23.3. The molecule has 6 rings (SSSR count). The van der Waals surface area contributed by atoms with Crippen LogP contribution in [0.1, 0.15) is 56.3 Å². The molecule has 4 N–H and O–H groups in total. The predicted octanol–water partition coefficient (Wildman–Crippen LogP) is 6.85. The predicted molar refractivity (Wildman–Crippen MR) is 159 cm³/mol. The molecule has 1 aliphatic heterocycles. The van der Waals surface area contributed by atoms with Gasteiger partial charge in [-0.05, 0) is 43.0 Å². The van der Waals surface area contributed by atoms with Gasteiger partial charge in [-0.25, -0.2) is 4.98 Å². The topological polar surface area (TPSA) is 101 Å². The number of pyridine rings is 2. The van der Waals surface area contributed by atoms with Crippen molar-refractivity contribution in [2.24, 2.45) is 0 Å². The van der Waals surface area contributed by atoms with E-state index in [2.05, 4.69) is 56.7 Å². The number of hydrazine groups is 2. The van der Waals surface area contributed by atoms with E-state index >= 15 is 0 Å². The zero-order valence-electron chi connectivity index (χ0n) is 22.7. The molecule has 1 aliphatic carbocycles. The minimum Gasteiger partial charge on any atom is -0.377 e.